The summed E-state index contributed by atoms with van der Waals surface area (Å²) in [6.45, 7) is 9.17. The summed E-state index contributed by atoms with van der Waals surface area (Å²) in [7, 11) is 0. The number of rotatable bonds is 5. The lowest BCUT2D eigenvalue weighted by Crippen LogP contribution is -2.31. The smallest absolute Gasteiger partial charge is 0.0465 e. The van der Waals surface area contributed by atoms with Gasteiger partial charge in [0.15, 0.2) is 0 Å². The standard InChI is InChI=1S/C26H30N2/c1-18(2)16-19(3)27-21-14-15-25-23(17-21)26(4,20-10-6-5-7-11-20)22-12-8-9-13-24(22)28-25/h5-15,17-19,27-28H,16H2,1-4H3. The summed E-state index contributed by atoms with van der Waals surface area (Å²) in [5, 5.41) is 7.36. The summed E-state index contributed by atoms with van der Waals surface area (Å²) in [6.07, 6.45) is 1.16. The van der Waals surface area contributed by atoms with Gasteiger partial charge in [-0.05, 0) is 67.1 Å². The topological polar surface area (TPSA) is 24.1 Å². The quantitative estimate of drug-likeness (QED) is 0.508. The normalized spacial score (nSPS) is 18.8. The van der Waals surface area contributed by atoms with E-state index in [1.165, 1.54) is 33.8 Å². The fraction of sp³-hybridized carbons (Fsp3) is 0.308. The van der Waals surface area contributed by atoms with Crippen molar-refractivity contribution in [1.82, 2.24) is 0 Å². The zero-order valence-electron chi connectivity index (χ0n) is 17.3. The lowest BCUT2D eigenvalue weighted by molar-refractivity contribution is 0.539. The van der Waals surface area contributed by atoms with Gasteiger partial charge in [0.2, 0.25) is 0 Å². The Bertz CT molecular complexity index is 961. The van der Waals surface area contributed by atoms with E-state index in [2.05, 4.69) is 111 Å². The van der Waals surface area contributed by atoms with Gasteiger partial charge < -0.3 is 10.6 Å². The maximum absolute atomic E-state index is 3.71. The van der Waals surface area contributed by atoms with Crippen molar-refractivity contribution < 1.29 is 0 Å². The van der Waals surface area contributed by atoms with Crippen LogP contribution in [0, 0.1) is 5.92 Å². The Hall–Kier alpha value is -2.74. The maximum atomic E-state index is 3.71. The fourth-order valence-electron chi connectivity index (χ4n) is 4.61. The lowest BCUT2D eigenvalue weighted by atomic mass is 9.68. The van der Waals surface area contributed by atoms with Gasteiger partial charge in [-0.25, -0.2) is 0 Å². The van der Waals surface area contributed by atoms with Crippen LogP contribution >= 0.6 is 0 Å². The molecular weight excluding hydrogens is 340 g/mol. The number of hydrogen-bond acceptors (Lipinski definition) is 2. The van der Waals surface area contributed by atoms with E-state index in [-0.39, 0.29) is 5.41 Å². The van der Waals surface area contributed by atoms with Crippen molar-refractivity contribution in [2.24, 2.45) is 5.92 Å². The minimum absolute atomic E-state index is 0.197. The molecule has 0 aromatic heterocycles. The Morgan fingerprint density at radius 3 is 2.25 bits per heavy atom. The highest BCUT2D eigenvalue weighted by Crippen LogP contribution is 2.49. The molecule has 2 nitrogen and oxygen atoms in total. The summed E-state index contributed by atoms with van der Waals surface area (Å²) in [4.78, 5) is 0. The van der Waals surface area contributed by atoms with Crippen LogP contribution in [0.1, 0.15) is 50.8 Å². The van der Waals surface area contributed by atoms with Gasteiger partial charge in [0.05, 0.1) is 0 Å². The summed E-state index contributed by atoms with van der Waals surface area (Å²) in [5.41, 5.74) is 7.33. The molecule has 3 aromatic rings. The van der Waals surface area contributed by atoms with E-state index in [1.54, 1.807) is 0 Å². The molecular formula is C26H30N2. The van der Waals surface area contributed by atoms with Crippen LogP contribution in [0.3, 0.4) is 0 Å². The van der Waals surface area contributed by atoms with E-state index in [9.17, 15) is 0 Å². The van der Waals surface area contributed by atoms with Crippen molar-refractivity contribution in [2.75, 3.05) is 10.6 Å². The first-order valence-electron chi connectivity index (χ1n) is 10.3. The lowest BCUT2D eigenvalue weighted by Gasteiger charge is -2.39. The summed E-state index contributed by atoms with van der Waals surface area (Å²) < 4.78 is 0. The Balaban J connectivity index is 1.82. The van der Waals surface area contributed by atoms with Crippen molar-refractivity contribution in [3.8, 4) is 0 Å². The zero-order valence-corrected chi connectivity index (χ0v) is 17.3. The molecule has 0 amide bonds. The van der Waals surface area contributed by atoms with Gasteiger partial charge in [0, 0.05) is 28.5 Å². The van der Waals surface area contributed by atoms with E-state index in [1.807, 2.05) is 0 Å². The number of hydrogen-bond donors (Lipinski definition) is 2. The van der Waals surface area contributed by atoms with Crippen LogP contribution < -0.4 is 10.6 Å². The molecule has 0 saturated carbocycles. The van der Waals surface area contributed by atoms with Gasteiger partial charge in [-0.3, -0.25) is 0 Å². The van der Waals surface area contributed by atoms with E-state index >= 15 is 0 Å². The highest BCUT2D eigenvalue weighted by molar-refractivity contribution is 5.79. The monoisotopic (exact) mass is 370 g/mol. The van der Waals surface area contributed by atoms with Gasteiger partial charge in [-0.2, -0.15) is 0 Å². The number of para-hydroxylation sites is 1. The molecule has 0 saturated heterocycles. The second-order valence-electron chi connectivity index (χ2n) is 8.60. The van der Waals surface area contributed by atoms with Gasteiger partial charge in [-0.15, -0.1) is 0 Å². The van der Waals surface area contributed by atoms with Crippen molar-refractivity contribution in [3.63, 3.8) is 0 Å². The van der Waals surface area contributed by atoms with Crippen LogP contribution in [-0.4, -0.2) is 6.04 Å². The van der Waals surface area contributed by atoms with Crippen molar-refractivity contribution in [3.05, 3.63) is 89.5 Å². The van der Waals surface area contributed by atoms with Gasteiger partial charge in [0.1, 0.15) is 0 Å². The van der Waals surface area contributed by atoms with Crippen molar-refractivity contribution in [1.29, 1.82) is 0 Å². The van der Waals surface area contributed by atoms with Gasteiger partial charge >= 0.3 is 0 Å². The van der Waals surface area contributed by atoms with Crippen LogP contribution in [0.2, 0.25) is 0 Å². The molecule has 1 heterocycles. The molecule has 2 unspecified atom stereocenters. The van der Waals surface area contributed by atoms with Gasteiger partial charge in [-0.1, -0.05) is 62.4 Å². The first kappa shape index (κ1) is 18.6. The second kappa shape index (κ2) is 7.35. The molecule has 144 valence electrons. The highest BCUT2D eigenvalue weighted by atomic mass is 14.9. The van der Waals surface area contributed by atoms with Crippen LogP contribution in [-0.2, 0) is 5.41 Å². The molecule has 0 bridgehead atoms. The van der Waals surface area contributed by atoms with Gasteiger partial charge in [0.25, 0.3) is 0 Å². The molecule has 0 spiro atoms. The predicted octanol–water partition coefficient (Wildman–Crippen LogP) is 6.94. The average molecular weight is 371 g/mol. The Morgan fingerprint density at radius 2 is 1.50 bits per heavy atom. The molecule has 28 heavy (non-hydrogen) atoms. The van der Waals surface area contributed by atoms with E-state index in [0.717, 1.165) is 6.42 Å². The molecule has 0 fully saturated rings. The molecule has 1 aliphatic rings. The Kier molecular flexibility index (Phi) is 4.89. The van der Waals surface area contributed by atoms with E-state index < -0.39 is 0 Å². The Labute approximate surface area is 169 Å². The SMILES string of the molecule is CC(C)CC(C)Nc1ccc2c(c1)C(C)(c1ccccc1)c1ccccc1N2. The third-order valence-corrected chi connectivity index (χ3v) is 5.88. The number of benzene rings is 3. The average Bonchev–Trinajstić information content (AvgIpc) is 2.69. The molecule has 2 heteroatoms. The first-order valence-corrected chi connectivity index (χ1v) is 10.3. The minimum atomic E-state index is -0.197. The predicted molar refractivity (Wildman–Crippen MR) is 121 cm³/mol. The third kappa shape index (κ3) is 3.28. The fourth-order valence-corrected chi connectivity index (χ4v) is 4.61. The molecule has 1 aliphatic heterocycles. The molecule has 2 N–H and O–H groups in total. The molecule has 4 rings (SSSR count). The number of anilines is 3. The van der Waals surface area contributed by atoms with Crippen LogP contribution in [0.5, 0.6) is 0 Å². The van der Waals surface area contributed by atoms with Crippen LogP contribution in [0.4, 0.5) is 17.1 Å². The number of fused-ring (bicyclic) bond motifs is 2. The molecule has 3 aromatic carbocycles. The maximum Gasteiger partial charge on any atom is 0.0465 e. The second-order valence-corrected chi connectivity index (χ2v) is 8.60. The molecule has 2 atom stereocenters. The van der Waals surface area contributed by atoms with E-state index in [4.69, 9.17) is 0 Å². The van der Waals surface area contributed by atoms with Crippen molar-refractivity contribution in [2.45, 2.75) is 45.6 Å². The summed E-state index contributed by atoms with van der Waals surface area (Å²) >= 11 is 0. The van der Waals surface area contributed by atoms with E-state index in [0.29, 0.717) is 12.0 Å². The third-order valence-electron chi connectivity index (χ3n) is 5.88. The first-order chi connectivity index (χ1) is 13.5. The molecule has 0 aliphatic carbocycles. The molecule has 0 radical (unpaired) electrons. The highest BCUT2D eigenvalue weighted by Gasteiger charge is 2.38. The summed E-state index contributed by atoms with van der Waals surface area (Å²) in [5.74, 6) is 0.684. The minimum Gasteiger partial charge on any atom is -0.383 e. The Morgan fingerprint density at radius 1 is 0.821 bits per heavy atom. The van der Waals surface area contributed by atoms with Crippen LogP contribution in [0.25, 0.3) is 0 Å². The van der Waals surface area contributed by atoms with Crippen molar-refractivity contribution >= 4 is 17.1 Å². The number of nitrogens with one attached hydrogen (secondary N) is 2. The summed E-state index contributed by atoms with van der Waals surface area (Å²) in [6, 6.07) is 26.7. The van der Waals surface area contributed by atoms with Crippen LogP contribution in [0.15, 0.2) is 72.8 Å². The largest absolute Gasteiger partial charge is 0.383 e. The zero-order chi connectivity index (χ0) is 19.7.